The van der Waals surface area contributed by atoms with Crippen LogP contribution in [0.2, 0.25) is 0 Å². The van der Waals surface area contributed by atoms with Crippen LogP contribution in [0.15, 0.2) is 40.9 Å². The molecular formula is C16H17BrFNO. The molecule has 2 rings (SSSR count). The van der Waals surface area contributed by atoms with Crippen LogP contribution in [0.5, 0.6) is 5.75 Å². The van der Waals surface area contributed by atoms with Gasteiger partial charge in [0.2, 0.25) is 0 Å². The van der Waals surface area contributed by atoms with E-state index >= 15 is 0 Å². The third kappa shape index (κ3) is 3.38. The first-order valence-corrected chi connectivity index (χ1v) is 7.14. The number of hydrogen-bond acceptors (Lipinski definition) is 2. The van der Waals surface area contributed by atoms with Gasteiger partial charge < -0.3 is 10.5 Å². The highest BCUT2D eigenvalue weighted by Crippen LogP contribution is 2.29. The molecule has 106 valence electrons. The second kappa shape index (κ2) is 6.37. The predicted molar refractivity (Wildman–Crippen MR) is 82.5 cm³/mol. The lowest BCUT2D eigenvalue weighted by Gasteiger charge is -2.16. The lowest BCUT2D eigenvalue weighted by atomic mass is 9.96. The Balaban J connectivity index is 2.27. The van der Waals surface area contributed by atoms with Crippen molar-refractivity contribution in [3.8, 4) is 5.75 Å². The molecule has 2 aromatic rings. The molecule has 20 heavy (non-hydrogen) atoms. The Kier molecular flexibility index (Phi) is 4.78. The SMILES string of the molecule is COc1ccc(Br)c(C(N)Cc2cc(F)ccc2C)c1. The standard InChI is InChI=1S/C16H17BrFNO/c1-10-3-4-12(18)7-11(10)8-16(19)14-9-13(20-2)5-6-15(14)17/h3-7,9,16H,8,19H2,1-2H3. The molecule has 0 bridgehead atoms. The van der Waals surface area contributed by atoms with E-state index in [1.807, 2.05) is 25.1 Å². The summed E-state index contributed by atoms with van der Waals surface area (Å²) in [4.78, 5) is 0. The number of hydrogen-bond donors (Lipinski definition) is 1. The van der Waals surface area contributed by atoms with Crippen molar-refractivity contribution in [2.45, 2.75) is 19.4 Å². The van der Waals surface area contributed by atoms with Crippen LogP contribution in [0.25, 0.3) is 0 Å². The van der Waals surface area contributed by atoms with E-state index in [1.54, 1.807) is 19.2 Å². The number of aryl methyl sites for hydroxylation is 1. The summed E-state index contributed by atoms with van der Waals surface area (Å²) in [7, 11) is 1.62. The van der Waals surface area contributed by atoms with Gasteiger partial charge in [-0.15, -0.1) is 0 Å². The molecule has 4 heteroatoms. The molecule has 0 radical (unpaired) electrons. The fourth-order valence-corrected chi connectivity index (χ4v) is 2.68. The smallest absolute Gasteiger partial charge is 0.123 e. The van der Waals surface area contributed by atoms with Gasteiger partial charge in [-0.1, -0.05) is 22.0 Å². The first kappa shape index (κ1) is 15.0. The summed E-state index contributed by atoms with van der Waals surface area (Å²) in [6.45, 7) is 1.96. The summed E-state index contributed by atoms with van der Waals surface area (Å²) in [6, 6.07) is 10.2. The zero-order valence-corrected chi connectivity index (χ0v) is 13.1. The van der Waals surface area contributed by atoms with E-state index < -0.39 is 0 Å². The Hall–Kier alpha value is -1.39. The lowest BCUT2D eigenvalue weighted by molar-refractivity contribution is 0.413. The van der Waals surface area contributed by atoms with E-state index in [2.05, 4.69) is 15.9 Å². The van der Waals surface area contributed by atoms with Crippen LogP contribution in [0, 0.1) is 12.7 Å². The number of benzene rings is 2. The van der Waals surface area contributed by atoms with Gasteiger partial charge in [0.05, 0.1) is 7.11 Å². The molecular weight excluding hydrogens is 321 g/mol. The Morgan fingerprint density at radius 1 is 1.25 bits per heavy atom. The van der Waals surface area contributed by atoms with Crippen LogP contribution >= 0.6 is 15.9 Å². The van der Waals surface area contributed by atoms with Crippen LogP contribution < -0.4 is 10.5 Å². The van der Waals surface area contributed by atoms with Crippen LogP contribution in [0.3, 0.4) is 0 Å². The lowest BCUT2D eigenvalue weighted by Crippen LogP contribution is -2.15. The van der Waals surface area contributed by atoms with Gasteiger partial charge in [-0.2, -0.15) is 0 Å². The van der Waals surface area contributed by atoms with E-state index in [9.17, 15) is 4.39 Å². The third-order valence-electron chi connectivity index (χ3n) is 3.35. The number of halogens is 2. The summed E-state index contributed by atoms with van der Waals surface area (Å²) in [5.41, 5.74) is 9.18. The van der Waals surface area contributed by atoms with Gasteiger partial charge in [-0.3, -0.25) is 0 Å². The van der Waals surface area contributed by atoms with E-state index in [-0.39, 0.29) is 11.9 Å². The van der Waals surface area contributed by atoms with E-state index in [0.29, 0.717) is 6.42 Å². The van der Waals surface area contributed by atoms with Crippen molar-refractivity contribution in [3.63, 3.8) is 0 Å². The van der Waals surface area contributed by atoms with Crippen molar-refractivity contribution in [2.75, 3.05) is 7.11 Å². The molecule has 0 fully saturated rings. The molecule has 0 aliphatic heterocycles. The normalized spacial score (nSPS) is 12.2. The zero-order valence-electron chi connectivity index (χ0n) is 11.5. The highest BCUT2D eigenvalue weighted by atomic mass is 79.9. The van der Waals surface area contributed by atoms with Crippen molar-refractivity contribution in [2.24, 2.45) is 5.73 Å². The summed E-state index contributed by atoms with van der Waals surface area (Å²) < 4.78 is 19.5. The Morgan fingerprint density at radius 2 is 2.00 bits per heavy atom. The minimum Gasteiger partial charge on any atom is -0.497 e. The molecule has 2 N–H and O–H groups in total. The van der Waals surface area contributed by atoms with E-state index in [4.69, 9.17) is 10.5 Å². The Bertz CT molecular complexity index is 615. The highest BCUT2D eigenvalue weighted by molar-refractivity contribution is 9.10. The van der Waals surface area contributed by atoms with Gasteiger partial charge in [0.25, 0.3) is 0 Å². The number of nitrogens with two attached hydrogens (primary N) is 1. The van der Waals surface area contributed by atoms with Crippen molar-refractivity contribution < 1.29 is 9.13 Å². The van der Waals surface area contributed by atoms with Gasteiger partial charge in [0, 0.05) is 10.5 Å². The van der Waals surface area contributed by atoms with Crippen LogP contribution in [-0.2, 0) is 6.42 Å². The summed E-state index contributed by atoms with van der Waals surface area (Å²) in [5, 5.41) is 0. The largest absolute Gasteiger partial charge is 0.497 e. The molecule has 0 aromatic heterocycles. The molecule has 0 saturated heterocycles. The number of methoxy groups -OCH3 is 1. The molecule has 0 spiro atoms. The van der Waals surface area contributed by atoms with Gasteiger partial charge in [-0.25, -0.2) is 4.39 Å². The van der Waals surface area contributed by atoms with Crippen LogP contribution in [-0.4, -0.2) is 7.11 Å². The van der Waals surface area contributed by atoms with E-state index in [0.717, 1.165) is 26.9 Å². The minimum atomic E-state index is -0.234. The fraction of sp³-hybridized carbons (Fsp3) is 0.250. The monoisotopic (exact) mass is 337 g/mol. The summed E-state index contributed by atoms with van der Waals surface area (Å²) in [5.74, 6) is 0.525. The topological polar surface area (TPSA) is 35.2 Å². The quantitative estimate of drug-likeness (QED) is 0.909. The molecule has 2 aromatic carbocycles. The van der Waals surface area contributed by atoms with Crippen molar-refractivity contribution in [1.29, 1.82) is 0 Å². The van der Waals surface area contributed by atoms with Crippen molar-refractivity contribution in [3.05, 3.63) is 63.4 Å². The molecule has 1 atom stereocenters. The first-order chi connectivity index (χ1) is 9.51. The van der Waals surface area contributed by atoms with Gasteiger partial charge in [0.1, 0.15) is 11.6 Å². The molecule has 1 unspecified atom stereocenters. The first-order valence-electron chi connectivity index (χ1n) is 6.35. The molecule has 0 saturated carbocycles. The minimum absolute atomic E-state index is 0.222. The second-order valence-electron chi connectivity index (χ2n) is 4.77. The second-order valence-corrected chi connectivity index (χ2v) is 5.62. The maximum atomic E-state index is 13.3. The molecule has 0 aliphatic rings. The highest BCUT2D eigenvalue weighted by Gasteiger charge is 2.13. The molecule has 0 amide bonds. The predicted octanol–water partition coefficient (Wildman–Crippen LogP) is 4.15. The zero-order chi connectivity index (χ0) is 14.7. The fourth-order valence-electron chi connectivity index (χ4n) is 2.14. The molecule has 0 heterocycles. The maximum absolute atomic E-state index is 13.3. The average molecular weight is 338 g/mol. The Labute approximate surface area is 126 Å². The van der Waals surface area contributed by atoms with E-state index in [1.165, 1.54) is 6.07 Å². The summed E-state index contributed by atoms with van der Waals surface area (Å²) >= 11 is 3.50. The maximum Gasteiger partial charge on any atom is 0.123 e. The molecule has 0 aliphatic carbocycles. The van der Waals surface area contributed by atoms with Crippen LogP contribution in [0.1, 0.15) is 22.7 Å². The van der Waals surface area contributed by atoms with Crippen LogP contribution in [0.4, 0.5) is 4.39 Å². The van der Waals surface area contributed by atoms with Gasteiger partial charge >= 0.3 is 0 Å². The third-order valence-corrected chi connectivity index (χ3v) is 4.08. The number of ether oxygens (including phenoxy) is 1. The molecule has 2 nitrogen and oxygen atoms in total. The van der Waals surface area contributed by atoms with Gasteiger partial charge in [-0.05, 0) is 60.4 Å². The van der Waals surface area contributed by atoms with Crippen molar-refractivity contribution >= 4 is 15.9 Å². The van der Waals surface area contributed by atoms with Gasteiger partial charge in [0.15, 0.2) is 0 Å². The number of rotatable bonds is 4. The van der Waals surface area contributed by atoms with Crippen molar-refractivity contribution in [1.82, 2.24) is 0 Å². The summed E-state index contributed by atoms with van der Waals surface area (Å²) in [6.07, 6.45) is 0.579. The Morgan fingerprint density at radius 3 is 2.70 bits per heavy atom. The average Bonchev–Trinajstić information content (AvgIpc) is 2.43.